The number of benzene rings is 1. The number of ether oxygens (including phenoxy) is 1. The maximum Gasteiger partial charge on any atom is 0.343 e. The summed E-state index contributed by atoms with van der Waals surface area (Å²) < 4.78 is 7.43. The number of aromatic nitrogens is 2. The highest BCUT2D eigenvalue weighted by Crippen LogP contribution is 2.40. The van der Waals surface area contributed by atoms with E-state index in [2.05, 4.69) is 9.94 Å². The Kier molecular flexibility index (Phi) is 4.42. The average Bonchev–Trinajstić information content (AvgIpc) is 2.97. The number of aryl methyl sites for hydroxylation is 1. The average molecular weight is 291 g/mol. The second-order valence-corrected chi connectivity index (χ2v) is 4.33. The van der Waals surface area contributed by atoms with E-state index in [-0.39, 0.29) is 11.4 Å². The van der Waals surface area contributed by atoms with Gasteiger partial charge < -0.3 is 10.5 Å². The molecular formula is C14H19N4O3+. The molecule has 0 unspecified atom stereocenters. The first-order valence-electron chi connectivity index (χ1n) is 6.71. The van der Waals surface area contributed by atoms with Gasteiger partial charge in [0.2, 0.25) is 0 Å². The summed E-state index contributed by atoms with van der Waals surface area (Å²) in [7, 11) is 1.28. The second-order valence-electron chi connectivity index (χ2n) is 4.33. The lowest BCUT2D eigenvalue weighted by Gasteiger charge is -2.11. The molecular weight excluding hydrogens is 272 g/mol. The summed E-state index contributed by atoms with van der Waals surface area (Å²) in [6.07, 6.45) is 3.65. The van der Waals surface area contributed by atoms with Crippen molar-refractivity contribution in [1.29, 1.82) is 0 Å². The van der Waals surface area contributed by atoms with Gasteiger partial charge in [0.05, 0.1) is 17.7 Å². The van der Waals surface area contributed by atoms with Crippen molar-refractivity contribution in [2.75, 3.05) is 19.5 Å². The lowest BCUT2D eigenvalue weighted by molar-refractivity contribution is -0.736. The zero-order chi connectivity index (χ0) is 15.4. The summed E-state index contributed by atoms with van der Waals surface area (Å²) in [5.74, 6) is 0.462. The van der Waals surface area contributed by atoms with Gasteiger partial charge in [0.25, 0.3) is 4.92 Å². The van der Waals surface area contributed by atoms with Crippen LogP contribution >= 0.6 is 0 Å². The Morgan fingerprint density at radius 2 is 2.14 bits per heavy atom. The van der Waals surface area contributed by atoms with Crippen LogP contribution in [0.4, 0.5) is 11.4 Å². The van der Waals surface area contributed by atoms with E-state index in [1.54, 1.807) is 18.3 Å². The number of hydrogen-bond donors (Lipinski definition) is 1. The number of nitrogens with two attached hydrogens (primary N) is 1. The molecule has 0 fully saturated rings. The first-order valence-corrected chi connectivity index (χ1v) is 6.71. The number of nitrogen functional groups attached to an aromatic ring is 1. The van der Waals surface area contributed by atoms with Crippen molar-refractivity contribution in [2.45, 2.75) is 20.4 Å². The van der Waals surface area contributed by atoms with Crippen LogP contribution in [0.2, 0.25) is 0 Å². The maximum atomic E-state index is 11.6. The SMILES string of the molecule is CCOc1c(-c2cnn(CC)c2)ccc([N+](=O)OC)c1N. The van der Waals surface area contributed by atoms with Crippen LogP contribution in [0.25, 0.3) is 11.1 Å². The van der Waals surface area contributed by atoms with E-state index in [4.69, 9.17) is 10.5 Å². The Hall–Kier alpha value is -2.57. The van der Waals surface area contributed by atoms with Crippen LogP contribution in [0.1, 0.15) is 13.8 Å². The van der Waals surface area contributed by atoms with Gasteiger partial charge in [-0.3, -0.25) is 4.68 Å². The molecule has 0 amide bonds. The Morgan fingerprint density at radius 3 is 2.71 bits per heavy atom. The van der Waals surface area contributed by atoms with Gasteiger partial charge >= 0.3 is 5.69 Å². The maximum absolute atomic E-state index is 11.6. The van der Waals surface area contributed by atoms with Crippen LogP contribution in [-0.2, 0) is 11.4 Å². The molecule has 7 heteroatoms. The topological polar surface area (TPSA) is 82.4 Å². The Bertz CT molecular complexity index is 652. The minimum atomic E-state index is 0.215. The molecule has 0 aliphatic carbocycles. The van der Waals surface area contributed by atoms with Crippen molar-refractivity contribution in [3.05, 3.63) is 29.4 Å². The molecule has 0 aliphatic rings. The largest absolute Gasteiger partial charge is 0.491 e. The van der Waals surface area contributed by atoms with Crippen LogP contribution < -0.4 is 10.5 Å². The summed E-state index contributed by atoms with van der Waals surface area (Å²) in [4.78, 5) is 16.6. The molecule has 0 atom stereocenters. The minimum absolute atomic E-state index is 0.215. The molecule has 1 heterocycles. The molecule has 0 saturated carbocycles. The highest BCUT2D eigenvalue weighted by Gasteiger charge is 2.25. The molecule has 21 heavy (non-hydrogen) atoms. The third kappa shape index (κ3) is 2.81. The molecule has 2 rings (SSSR count). The predicted molar refractivity (Wildman–Crippen MR) is 79.2 cm³/mol. The van der Waals surface area contributed by atoms with Gasteiger partial charge in [-0.2, -0.15) is 5.10 Å². The number of rotatable bonds is 6. The van der Waals surface area contributed by atoms with Crippen LogP contribution in [0.3, 0.4) is 0 Å². The third-order valence-corrected chi connectivity index (χ3v) is 3.09. The summed E-state index contributed by atoms with van der Waals surface area (Å²) in [6, 6.07) is 3.38. The van der Waals surface area contributed by atoms with Gasteiger partial charge in [-0.1, -0.05) is 0 Å². The summed E-state index contributed by atoms with van der Waals surface area (Å²) in [5, 5.41) is 4.24. The van der Waals surface area contributed by atoms with Gasteiger partial charge in [0.15, 0.2) is 18.5 Å². The highest BCUT2D eigenvalue weighted by atomic mass is 16.8. The van der Waals surface area contributed by atoms with E-state index in [1.165, 1.54) is 7.11 Å². The molecule has 0 spiro atoms. The van der Waals surface area contributed by atoms with Crippen molar-refractivity contribution in [3.8, 4) is 16.9 Å². The van der Waals surface area contributed by atoms with Crippen molar-refractivity contribution in [3.63, 3.8) is 0 Å². The molecule has 1 aromatic heterocycles. The summed E-state index contributed by atoms with van der Waals surface area (Å²) >= 11 is 0. The Morgan fingerprint density at radius 1 is 1.38 bits per heavy atom. The second kappa shape index (κ2) is 6.25. The molecule has 0 aliphatic heterocycles. The molecule has 0 radical (unpaired) electrons. The van der Waals surface area contributed by atoms with E-state index in [0.717, 1.165) is 17.7 Å². The van der Waals surface area contributed by atoms with E-state index >= 15 is 0 Å². The van der Waals surface area contributed by atoms with Gasteiger partial charge in [0, 0.05) is 29.9 Å². The fraction of sp³-hybridized carbons (Fsp3) is 0.357. The zero-order valence-electron chi connectivity index (χ0n) is 12.4. The lowest BCUT2D eigenvalue weighted by atomic mass is 10.1. The minimum Gasteiger partial charge on any atom is -0.491 e. The van der Waals surface area contributed by atoms with E-state index in [0.29, 0.717) is 17.3 Å². The number of nitrogens with zero attached hydrogens (tertiary/aromatic N) is 3. The van der Waals surface area contributed by atoms with E-state index in [9.17, 15) is 4.91 Å². The molecule has 112 valence electrons. The highest BCUT2D eigenvalue weighted by molar-refractivity contribution is 5.81. The fourth-order valence-corrected chi connectivity index (χ4v) is 2.05. The summed E-state index contributed by atoms with van der Waals surface area (Å²) in [5.41, 5.74) is 8.19. The normalized spacial score (nSPS) is 10.4. The van der Waals surface area contributed by atoms with Gasteiger partial charge in [-0.15, -0.1) is 0 Å². The van der Waals surface area contributed by atoms with Gasteiger partial charge in [-0.05, 0) is 19.9 Å². The molecule has 0 bridgehead atoms. The van der Waals surface area contributed by atoms with Crippen LogP contribution in [0.5, 0.6) is 5.75 Å². The van der Waals surface area contributed by atoms with Crippen molar-refractivity contribution in [1.82, 2.24) is 9.78 Å². The molecule has 1 aromatic carbocycles. The zero-order valence-corrected chi connectivity index (χ0v) is 12.4. The van der Waals surface area contributed by atoms with E-state index < -0.39 is 0 Å². The third-order valence-electron chi connectivity index (χ3n) is 3.09. The van der Waals surface area contributed by atoms with Crippen molar-refractivity contribution in [2.24, 2.45) is 0 Å². The number of anilines is 1. The first kappa shape index (κ1) is 14.8. The molecule has 7 nitrogen and oxygen atoms in total. The summed E-state index contributed by atoms with van der Waals surface area (Å²) in [6.45, 7) is 5.08. The molecule has 2 N–H and O–H groups in total. The van der Waals surface area contributed by atoms with Crippen LogP contribution in [-0.4, -0.2) is 28.4 Å². The Balaban J connectivity index is 2.55. The van der Waals surface area contributed by atoms with E-state index in [1.807, 2.05) is 24.7 Å². The van der Waals surface area contributed by atoms with Gasteiger partial charge in [0.1, 0.15) is 0 Å². The Labute approximate surface area is 122 Å². The monoisotopic (exact) mass is 291 g/mol. The van der Waals surface area contributed by atoms with Crippen molar-refractivity contribution >= 4 is 11.4 Å². The van der Waals surface area contributed by atoms with Crippen LogP contribution in [0, 0.1) is 4.91 Å². The smallest absolute Gasteiger partial charge is 0.343 e. The number of hydrogen-bond acceptors (Lipinski definition) is 5. The quantitative estimate of drug-likeness (QED) is 0.653. The fourth-order valence-electron chi connectivity index (χ4n) is 2.05. The lowest BCUT2D eigenvalue weighted by Crippen LogP contribution is -2.05. The standard InChI is InChI=1S/C14H19N4O3/c1-4-17-9-10(8-16-17)11-6-7-12(18(19)20-3)13(15)14(11)21-5-2/h6-9H,4-5,15H2,1-3H3/q+1. The van der Waals surface area contributed by atoms with Gasteiger partial charge in [-0.25, -0.2) is 4.84 Å². The van der Waals surface area contributed by atoms with Crippen LogP contribution in [0.15, 0.2) is 24.5 Å². The first-order chi connectivity index (χ1) is 10.1. The van der Waals surface area contributed by atoms with Crippen molar-refractivity contribution < 1.29 is 14.5 Å². The molecule has 0 saturated heterocycles. The predicted octanol–water partition coefficient (Wildman–Crippen LogP) is 2.52. The molecule has 2 aromatic rings.